The molecule has 1 aliphatic rings. The third-order valence-electron chi connectivity index (χ3n) is 1.00. The molecule has 40 valence electrons. The number of hydrogen-bond acceptors (Lipinski definition) is 3. The Hall–Kier alpha value is -0.570. The van der Waals surface area contributed by atoms with Gasteiger partial charge in [0.2, 0.25) is 0 Å². The normalized spacial score (nSPS) is 20.3. The Morgan fingerprint density at radius 3 is 2.71 bits per heavy atom. The maximum Gasteiger partial charge on any atom is 0.166 e. The standard InChI is InChI=1S/C4H8N2O/c1-4-5-3-7-6(4)2/h3H2,1-2H3. The summed E-state index contributed by atoms with van der Waals surface area (Å²) in [4.78, 5) is 8.83. The molecule has 0 aliphatic carbocycles. The van der Waals surface area contributed by atoms with Gasteiger partial charge < -0.3 is 0 Å². The van der Waals surface area contributed by atoms with Crippen LogP contribution in [0.15, 0.2) is 4.99 Å². The Morgan fingerprint density at radius 1 is 1.86 bits per heavy atom. The number of hydrogen-bond donors (Lipinski definition) is 0. The van der Waals surface area contributed by atoms with Crippen LogP contribution in [0.3, 0.4) is 0 Å². The van der Waals surface area contributed by atoms with E-state index in [-0.39, 0.29) is 0 Å². The fourth-order valence-corrected chi connectivity index (χ4v) is 0.402. The van der Waals surface area contributed by atoms with E-state index in [1.54, 1.807) is 5.06 Å². The van der Waals surface area contributed by atoms with Gasteiger partial charge in [-0.1, -0.05) is 0 Å². The first kappa shape index (κ1) is 4.59. The van der Waals surface area contributed by atoms with Crippen molar-refractivity contribution in [2.24, 2.45) is 4.99 Å². The van der Waals surface area contributed by atoms with E-state index in [2.05, 4.69) is 4.99 Å². The molecular weight excluding hydrogens is 92.1 g/mol. The second-order valence-electron chi connectivity index (χ2n) is 1.46. The van der Waals surface area contributed by atoms with E-state index in [0.29, 0.717) is 6.73 Å². The molecule has 7 heavy (non-hydrogen) atoms. The lowest BCUT2D eigenvalue weighted by Gasteiger charge is -2.05. The number of nitrogens with zero attached hydrogens (tertiary/aromatic N) is 2. The average Bonchev–Trinajstić information content (AvgIpc) is 1.91. The van der Waals surface area contributed by atoms with Crippen LogP contribution in [0.5, 0.6) is 0 Å². The highest BCUT2D eigenvalue weighted by Crippen LogP contribution is 1.96. The van der Waals surface area contributed by atoms with E-state index in [0.717, 1.165) is 5.84 Å². The molecule has 0 aromatic carbocycles. The van der Waals surface area contributed by atoms with Crippen molar-refractivity contribution in [3.63, 3.8) is 0 Å². The van der Waals surface area contributed by atoms with Gasteiger partial charge in [0.05, 0.1) is 0 Å². The first-order chi connectivity index (χ1) is 3.30. The van der Waals surface area contributed by atoms with Gasteiger partial charge >= 0.3 is 0 Å². The first-order valence-electron chi connectivity index (χ1n) is 2.18. The molecule has 0 spiro atoms. The summed E-state index contributed by atoms with van der Waals surface area (Å²) in [7, 11) is 1.84. The van der Waals surface area contributed by atoms with Crippen molar-refractivity contribution < 1.29 is 4.84 Å². The second-order valence-corrected chi connectivity index (χ2v) is 1.46. The van der Waals surface area contributed by atoms with Crippen molar-refractivity contribution in [1.29, 1.82) is 0 Å². The third-order valence-corrected chi connectivity index (χ3v) is 1.00. The van der Waals surface area contributed by atoms with Crippen molar-refractivity contribution in [1.82, 2.24) is 5.06 Å². The summed E-state index contributed by atoms with van der Waals surface area (Å²) in [5, 5.41) is 1.65. The fourth-order valence-electron chi connectivity index (χ4n) is 0.402. The van der Waals surface area contributed by atoms with E-state index in [1.165, 1.54) is 0 Å². The van der Waals surface area contributed by atoms with Crippen molar-refractivity contribution >= 4 is 5.84 Å². The van der Waals surface area contributed by atoms with Gasteiger partial charge in [-0.05, 0) is 6.92 Å². The highest BCUT2D eigenvalue weighted by atomic mass is 16.7. The van der Waals surface area contributed by atoms with Gasteiger partial charge in [0.15, 0.2) is 6.73 Å². The highest BCUT2D eigenvalue weighted by molar-refractivity contribution is 5.79. The van der Waals surface area contributed by atoms with Crippen LogP contribution in [0.2, 0.25) is 0 Å². The van der Waals surface area contributed by atoms with Crippen LogP contribution in [0.4, 0.5) is 0 Å². The van der Waals surface area contributed by atoms with Gasteiger partial charge in [0, 0.05) is 7.05 Å². The molecule has 0 atom stereocenters. The van der Waals surface area contributed by atoms with Crippen LogP contribution in [-0.4, -0.2) is 24.7 Å². The molecule has 0 radical (unpaired) electrons. The van der Waals surface area contributed by atoms with E-state index < -0.39 is 0 Å². The predicted octanol–water partition coefficient (Wildman–Crippen LogP) is 0.239. The van der Waals surface area contributed by atoms with Crippen LogP contribution < -0.4 is 0 Å². The van der Waals surface area contributed by atoms with E-state index in [4.69, 9.17) is 4.84 Å². The lowest BCUT2D eigenvalue weighted by atomic mass is 10.7. The molecular formula is C4H8N2O. The first-order valence-corrected chi connectivity index (χ1v) is 2.18. The van der Waals surface area contributed by atoms with Gasteiger partial charge in [-0.3, -0.25) is 0 Å². The lowest BCUT2D eigenvalue weighted by Crippen LogP contribution is -2.16. The summed E-state index contributed by atoms with van der Waals surface area (Å²) in [6.45, 7) is 2.40. The topological polar surface area (TPSA) is 24.8 Å². The van der Waals surface area contributed by atoms with Crippen molar-refractivity contribution in [2.45, 2.75) is 6.92 Å². The molecule has 1 rings (SSSR count). The van der Waals surface area contributed by atoms with Gasteiger partial charge in [-0.25, -0.2) is 14.9 Å². The summed E-state index contributed by atoms with van der Waals surface area (Å²) >= 11 is 0. The Labute approximate surface area is 42.6 Å². The van der Waals surface area contributed by atoms with Crippen molar-refractivity contribution in [3.8, 4) is 0 Å². The molecule has 1 aliphatic heterocycles. The third kappa shape index (κ3) is 0.718. The lowest BCUT2D eigenvalue weighted by molar-refractivity contribution is -0.0547. The van der Waals surface area contributed by atoms with Crippen LogP contribution in [0, 0.1) is 0 Å². The number of hydroxylamine groups is 2. The zero-order valence-electron chi connectivity index (χ0n) is 4.51. The van der Waals surface area contributed by atoms with Crippen LogP contribution >= 0.6 is 0 Å². The quantitative estimate of drug-likeness (QED) is 0.435. The Kier molecular flexibility index (Phi) is 0.982. The maximum atomic E-state index is 4.89. The highest BCUT2D eigenvalue weighted by Gasteiger charge is 2.04. The molecule has 0 saturated carbocycles. The summed E-state index contributed by atoms with van der Waals surface area (Å²) in [5.41, 5.74) is 0. The molecule has 0 fully saturated rings. The number of aliphatic imine (C=N–C) groups is 1. The minimum Gasteiger partial charge on any atom is -0.249 e. The van der Waals surface area contributed by atoms with Gasteiger partial charge in [0.1, 0.15) is 5.84 Å². The van der Waals surface area contributed by atoms with Crippen molar-refractivity contribution in [3.05, 3.63) is 0 Å². The molecule has 3 heteroatoms. The Morgan fingerprint density at radius 2 is 2.57 bits per heavy atom. The molecule has 0 amide bonds. The predicted molar refractivity (Wildman–Crippen MR) is 26.8 cm³/mol. The molecule has 0 saturated heterocycles. The molecule has 0 N–H and O–H groups in total. The minimum absolute atomic E-state index is 0.488. The molecule has 0 bridgehead atoms. The van der Waals surface area contributed by atoms with Crippen LogP contribution in [-0.2, 0) is 4.84 Å². The second kappa shape index (κ2) is 1.50. The molecule has 0 unspecified atom stereocenters. The zero-order valence-corrected chi connectivity index (χ0v) is 4.51. The molecule has 1 heterocycles. The monoisotopic (exact) mass is 100 g/mol. The van der Waals surface area contributed by atoms with Crippen LogP contribution in [0.1, 0.15) is 6.92 Å². The van der Waals surface area contributed by atoms with Crippen LogP contribution in [0.25, 0.3) is 0 Å². The molecule has 0 aromatic rings. The summed E-state index contributed by atoms with van der Waals surface area (Å²) in [6, 6.07) is 0. The van der Waals surface area contributed by atoms with Crippen molar-refractivity contribution in [2.75, 3.05) is 13.8 Å². The van der Waals surface area contributed by atoms with E-state index in [1.807, 2.05) is 14.0 Å². The number of amidine groups is 1. The van der Waals surface area contributed by atoms with E-state index in [9.17, 15) is 0 Å². The molecule has 3 nitrogen and oxygen atoms in total. The summed E-state index contributed by atoms with van der Waals surface area (Å²) in [6.07, 6.45) is 0. The van der Waals surface area contributed by atoms with Gasteiger partial charge in [-0.15, -0.1) is 0 Å². The molecule has 0 aromatic heterocycles. The fraction of sp³-hybridized carbons (Fsp3) is 0.750. The van der Waals surface area contributed by atoms with Gasteiger partial charge in [0.25, 0.3) is 0 Å². The smallest absolute Gasteiger partial charge is 0.166 e. The largest absolute Gasteiger partial charge is 0.249 e. The summed E-state index contributed by atoms with van der Waals surface area (Å²) < 4.78 is 0. The van der Waals surface area contributed by atoms with Gasteiger partial charge in [-0.2, -0.15) is 0 Å². The Bertz CT molecular complexity index is 99.9. The zero-order chi connectivity index (χ0) is 5.28. The average molecular weight is 100 g/mol. The SMILES string of the molecule is CC1=NCON1C. The maximum absolute atomic E-state index is 4.89. The Balaban J connectivity index is 2.54. The van der Waals surface area contributed by atoms with E-state index >= 15 is 0 Å². The minimum atomic E-state index is 0.488. The summed E-state index contributed by atoms with van der Waals surface area (Å²) in [5.74, 6) is 0.944. The number of rotatable bonds is 0.